The quantitative estimate of drug-likeness (QED) is 0.880. The Hall–Kier alpha value is -2.17. The molecule has 0 atom stereocenters. The van der Waals surface area contributed by atoms with Crippen molar-refractivity contribution in [2.24, 2.45) is 0 Å². The summed E-state index contributed by atoms with van der Waals surface area (Å²) >= 11 is 0. The largest absolute Gasteiger partial charge is 0.383 e. The molecule has 0 aliphatic heterocycles. The molecule has 100 valence electrons. The van der Waals surface area contributed by atoms with Gasteiger partial charge < -0.3 is 11.1 Å². The van der Waals surface area contributed by atoms with E-state index in [2.05, 4.69) is 34.1 Å². The smallest absolute Gasteiger partial charge is 0.135 e. The standard InChI is InChI=1S/C14H19N5/c1-9(2)13-18-12(15)10(3)14(19-13)17-8-11-5-4-6-16-7-11/h4-7,9H,8H2,1-3H3,(H3,15,17,18,19). The lowest BCUT2D eigenvalue weighted by Gasteiger charge is -2.13. The number of nitrogens with zero attached hydrogens (tertiary/aromatic N) is 3. The summed E-state index contributed by atoms with van der Waals surface area (Å²) in [4.78, 5) is 12.9. The highest BCUT2D eigenvalue weighted by atomic mass is 15.1. The van der Waals surface area contributed by atoms with E-state index in [0.717, 1.165) is 22.8 Å². The van der Waals surface area contributed by atoms with Crippen LogP contribution >= 0.6 is 0 Å². The molecule has 2 aromatic heterocycles. The van der Waals surface area contributed by atoms with Gasteiger partial charge in [-0.15, -0.1) is 0 Å². The third-order valence-electron chi connectivity index (χ3n) is 2.90. The number of nitrogen functional groups attached to an aromatic ring is 1. The lowest BCUT2D eigenvalue weighted by Crippen LogP contribution is -2.10. The first kappa shape index (κ1) is 13.3. The molecule has 2 aromatic rings. The van der Waals surface area contributed by atoms with E-state index in [1.54, 1.807) is 6.20 Å². The van der Waals surface area contributed by atoms with E-state index in [4.69, 9.17) is 5.73 Å². The second-order valence-corrected chi connectivity index (χ2v) is 4.81. The van der Waals surface area contributed by atoms with Crippen molar-refractivity contribution in [3.8, 4) is 0 Å². The zero-order chi connectivity index (χ0) is 13.8. The Labute approximate surface area is 113 Å². The molecule has 0 fully saturated rings. The molecule has 2 heterocycles. The molecule has 0 aliphatic rings. The molecule has 0 saturated carbocycles. The second kappa shape index (κ2) is 5.65. The van der Waals surface area contributed by atoms with Gasteiger partial charge >= 0.3 is 0 Å². The SMILES string of the molecule is Cc1c(N)nc(C(C)C)nc1NCc1cccnc1. The minimum absolute atomic E-state index is 0.252. The lowest BCUT2D eigenvalue weighted by atomic mass is 10.2. The van der Waals surface area contributed by atoms with Crippen molar-refractivity contribution < 1.29 is 0 Å². The van der Waals surface area contributed by atoms with Crippen LogP contribution in [0.15, 0.2) is 24.5 Å². The zero-order valence-corrected chi connectivity index (χ0v) is 11.5. The third kappa shape index (κ3) is 3.19. The molecular formula is C14H19N5. The van der Waals surface area contributed by atoms with E-state index < -0.39 is 0 Å². The van der Waals surface area contributed by atoms with E-state index >= 15 is 0 Å². The molecule has 5 nitrogen and oxygen atoms in total. The highest BCUT2D eigenvalue weighted by Crippen LogP contribution is 2.21. The maximum Gasteiger partial charge on any atom is 0.135 e. The van der Waals surface area contributed by atoms with Gasteiger partial charge in [0.25, 0.3) is 0 Å². The van der Waals surface area contributed by atoms with Crippen molar-refractivity contribution in [3.63, 3.8) is 0 Å². The Morgan fingerprint density at radius 3 is 2.74 bits per heavy atom. The molecule has 0 amide bonds. The summed E-state index contributed by atoms with van der Waals surface area (Å²) < 4.78 is 0. The summed E-state index contributed by atoms with van der Waals surface area (Å²) in [5.74, 6) is 2.34. The van der Waals surface area contributed by atoms with E-state index in [1.165, 1.54) is 0 Å². The minimum Gasteiger partial charge on any atom is -0.383 e. The molecule has 0 bridgehead atoms. The van der Waals surface area contributed by atoms with Crippen LogP contribution in [0.2, 0.25) is 0 Å². The van der Waals surface area contributed by atoms with E-state index in [-0.39, 0.29) is 5.92 Å². The van der Waals surface area contributed by atoms with Gasteiger partial charge in [-0.1, -0.05) is 19.9 Å². The molecule has 19 heavy (non-hydrogen) atoms. The average molecular weight is 257 g/mol. The number of rotatable bonds is 4. The topological polar surface area (TPSA) is 76.7 Å². The molecular weight excluding hydrogens is 238 g/mol. The number of nitrogens with one attached hydrogen (secondary N) is 1. The first-order valence-corrected chi connectivity index (χ1v) is 6.34. The summed E-state index contributed by atoms with van der Waals surface area (Å²) in [7, 11) is 0. The van der Waals surface area contributed by atoms with Crippen LogP contribution in [0.3, 0.4) is 0 Å². The molecule has 0 radical (unpaired) electrons. The van der Waals surface area contributed by atoms with Crippen molar-refractivity contribution in [2.75, 3.05) is 11.1 Å². The summed E-state index contributed by atoms with van der Waals surface area (Å²) in [5, 5.41) is 3.29. The maximum atomic E-state index is 5.92. The Bertz CT molecular complexity index is 551. The van der Waals surface area contributed by atoms with Crippen LogP contribution < -0.4 is 11.1 Å². The normalized spacial score (nSPS) is 10.7. The molecule has 0 spiro atoms. The minimum atomic E-state index is 0.252. The number of hydrogen-bond acceptors (Lipinski definition) is 5. The van der Waals surface area contributed by atoms with Gasteiger partial charge in [0.05, 0.1) is 0 Å². The van der Waals surface area contributed by atoms with Crippen LogP contribution in [0.25, 0.3) is 0 Å². The fraction of sp³-hybridized carbons (Fsp3) is 0.357. The average Bonchev–Trinajstić information content (AvgIpc) is 2.41. The maximum absolute atomic E-state index is 5.92. The highest BCUT2D eigenvalue weighted by Gasteiger charge is 2.10. The third-order valence-corrected chi connectivity index (χ3v) is 2.90. The molecule has 3 N–H and O–H groups in total. The Morgan fingerprint density at radius 1 is 1.32 bits per heavy atom. The van der Waals surface area contributed by atoms with Gasteiger partial charge in [0.15, 0.2) is 0 Å². The van der Waals surface area contributed by atoms with Gasteiger partial charge in [-0.05, 0) is 18.6 Å². The number of anilines is 2. The molecule has 0 unspecified atom stereocenters. The van der Waals surface area contributed by atoms with E-state index in [1.807, 2.05) is 25.3 Å². The van der Waals surface area contributed by atoms with Gasteiger partial charge in [-0.2, -0.15) is 0 Å². The van der Waals surface area contributed by atoms with Crippen molar-refractivity contribution in [2.45, 2.75) is 33.2 Å². The van der Waals surface area contributed by atoms with Crippen LogP contribution in [0.5, 0.6) is 0 Å². The van der Waals surface area contributed by atoms with Crippen molar-refractivity contribution in [1.29, 1.82) is 0 Å². The Kier molecular flexibility index (Phi) is 3.94. The molecule has 0 aromatic carbocycles. The fourth-order valence-corrected chi connectivity index (χ4v) is 1.67. The summed E-state index contributed by atoms with van der Waals surface area (Å²) in [5.41, 5.74) is 7.91. The van der Waals surface area contributed by atoms with Crippen molar-refractivity contribution in [3.05, 3.63) is 41.5 Å². The first-order chi connectivity index (χ1) is 9.08. The van der Waals surface area contributed by atoms with E-state index in [9.17, 15) is 0 Å². The first-order valence-electron chi connectivity index (χ1n) is 6.34. The van der Waals surface area contributed by atoms with Crippen molar-refractivity contribution >= 4 is 11.6 Å². The monoisotopic (exact) mass is 257 g/mol. The molecule has 0 aliphatic carbocycles. The molecule has 5 heteroatoms. The van der Waals surface area contributed by atoms with Crippen LogP contribution in [0, 0.1) is 6.92 Å². The summed E-state index contributed by atoms with van der Waals surface area (Å²) in [6.45, 7) is 6.69. The Morgan fingerprint density at radius 2 is 2.11 bits per heavy atom. The number of nitrogens with two attached hydrogens (primary N) is 1. The van der Waals surface area contributed by atoms with Crippen LogP contribution in [-0.2, 0) is 6.54 Å². The predicted molar refractivity (Wildman–Crippen MR) is 76.8 cm³/mol. The number of pyridine rings is 1. The molecule has 2 rings (SSSR count). The lowest BCUT2D eigenvalue weighted by molar-refractivity contribution is 0.774. The molecule has 0 saturated heterocycles. The van der Waals surface area contributed by atoms with Gasteiger partial charge in [-0.3, -0.25) is 4.98 Å². The number of hydrogen-bond donors (Lipinski definition) is 2. The highest BCUT2D eigenvalue weighted by molar-refractivity contribution is 5.55. The van der Waals surface area contributed by atoms with Gasteiger partial charge in [0, 0.05) is 30.4 Å². The summed E-state index contributed by atoms with van der Waals surface area (Å²) in [6.07, 6.45) is 3.59. The summed E-state index contributed by atoms with van der Waals surface area (Å²) in [6, 6.07) is 3.93. The second-order valence-electron chi connectivity index (χ2n) is 4.81. The number of aromatic nitrogens is 3. The Balaban J connectivity index is 2.20. The van der Waals surface area contributed by atoms with Gasteiger partial charge in [-0.25, -0.2) is 9.97 Å². The van der Waals surface area contributed by atoms with Gasteiger partial charge in [0.2, 0.25) is 0 Å². The van der Waals surface area contributed by atoms with Gasteiger partial charge in [0.1, 0.15) is 17.5 Å². The van der Waals surface area contributed by atoms with E-state index in [0.29, 0.717) is 12.4 Å². The van der Waals surface area contributed by atoms with Crippen molar-refractivity contribution in [1.82, 2.24) is 15.0 Å². The predicted octanol–water partition coefficient (Wildman–Crippen LogP) is 2.50. The van der Waals surface area contributed by atoms with Crippen LogP contribution in [0.1, 0.15) is 36.7 Å². The van der Waals surface area contributed by atoms with Crippen LogP contribution in [-0.4, -0.2) is 15.0 Å². The zero-order valence-electron chi connectivity index (χ0n) is 11.5. The van der Waals surface area contributed by atoms with Crippen LogP contribution in [0.4, 0.5) is 11.6 Å². The fourth-order valence-electron chi connectivity index (χ4n) is 1.67.